The third-order valence-corrected chi connectivity index (χ3v) is 7.10. The molecular weight excluding hydrogens is 462 g/mol. The number of hydrogen-bond donors (Lipinski definition) is 1. The van der Waals surface area contributed by atoms with Gasteiger partial charge in [-0.15, -0.1) is 0 Å². The maximum atomic E-state index is 13.1. The van der Waals surface area contributed by atoms with E-state index in [-0.39, 0.29) is 12.0 Å². The van der Waals surface area contributed by atoms with Gasteiger partial charge in [0.25, 0.3) is 5.91 Å². The van der Waals surface area contributed by atoms with Crippen LogP contribution in [-0.4, -0.2) is 46.6 Å². The first kappa shape index (κ1) is 23.0. The number of pyridine rings is 1. The van der Waals surface area contributed by atoms with Crippen molar-refractivity contribution < 1.29 is 18.8 Å². The second-order valence-electron chi connectivity index (χ2n) is 8.33. The first-order chi connectivity index (χ1) is 17.0. The predicted octanol–water partition coefficient (Wildman–Crippen LogP) is 4.59. The van der Waals surface area contributed by atoms with E-state index < -0.39 is 11.4 Å². The molecule has 0 aliphatic carbocycles. The number of aromatic nitrogens is 1. The zero-order valence-corrected chi connectivity index (χ0v) is 20.2. The summed E-state index contributed by atoms with van der Waals surface area (Å²) in [5.74, 6) is 1.29. The van der Waals surface area contributed by atoms with E-state index in [0.29, 0.717) is 46.3 Å². The summed E-state index contributed by atoms with van der Waals surface area (Å²) < 4.78 is 27.4. The lowest BCUT2D eigenvalue weighted by molar-refractivity contribution is 0.0169. The van der Waals surface area contributed by atoms with E-state index in [9.17, 15) is 9.35 Å². The Morgan fingerprint density at radius 3 is 2.60 bits per heavy atom. The maximum absolute atomic E-state index is 13.1. The third-order valence-electron chi connectivity index (χ3n) is 5.97. The van der Waals surface area contributed by atoms with Gasteiger partial charge >= 0.3 is 0 Å². The number of carbonyl (C=O) groups excluding carboxylic acids is 1. The molecule has 1 N–H and O–H groups in total. The van der Waals surface area contributed by atoms with E-state index in [4.69, 9.17) is 9.47 Å². The Balaban J connectivity index is 1.23. The van der Waals surface area contributed by atoms with Crippen molar-refractivity contribution in [2.45, 2.75) is 17.9 Å². The predicted molar refractivity (Wildman–Crippen MR) is 136 cm³/mol. The van der Waals surface area contributed by atoms with E-state index in [2.05, 4.69) is 9.71 Å². The number of fused-ring (bicyclic) bond motifs is 1. The first-order valence-electron chi connectivity index (χ1n) is 11.3. The van der Waals surface area contributed by atoms with Gasteiger partial charge in [0.2, 0.25) is 4.90 Å². The first-order valence-corrected chi connectivity index (χ1v) is 12.4. The molecule has 1 atom stereocenters. The van der Waals surface area contributed by atoms with E-state index in [0.717, 1.165) is 10.9 Å². The average Bonchev–Trinajstić information content (AvgIpc) is 2.86. The van der Waals surface area contributed by atoms with Gasteiger partial charge < -0.3 is 18.9 Å². The summed E-state index contributed by atoms with van der Waals surface area (Å²) in [5, 5.41) is 0.931. The van der Waals surface area contributed by atoms with Crippen molar-refractivity contribution in [1.29, 1.82) is 0 Å². The fourth-order valence-electron chi connectivity index (χ4n) is 4.05. The molecule has 178 valence electrons. The van der Waals surface area contributed by atoms with Crippen LogP contribution in [0.4, 0.5) is 5.69 Å². The Morgan fingerprint density at radius 1 is 1.06 bits per heavy atom. The van der Waals surface area contributed by atoms with Gasteiger partial charge in [0, 0.05) is 17.1 Å². The van der Waals surface area contributed by atoms with Crippen LogP contribution in [0.1, 0.15) is 15.9 Å². The minimum absolute atomic E-state index is 0.0566. The van der Waals surface area contributed by atoms with Gasteiger partial charge in [-0.1, -0.05) is 30.3 Å². The summed E-state index contributed by atoms with van der Waals surface area (Å²) in [6.07, 6.45) is 1.62. The fourth-order valence-corrected chi connectivity index (χ4v) is 5.14. The zero-order valence-electron chi connectivity index (χ0n) is 19.4. The van der Waals surface area contributed by atoms with Crippen molar-refractivity contribution in [3.05, 3.63) is 90.1 Å². The van der Waals surface area contributed by atoms with Crippen LogP contribution >= 0.6 is 0 Å². The van der Waals surface area contributed by atoms with E-state index in [1.165, 1.54) is 0 Å². The Morgan fingerprint density at radius 2 is 1.83 bits per heavy atom. The van der Waals surface area contributed by atoms with Crippen LogP contribution in [0.2, 0.25) is 0 Å². The summed E-state index contributed by atoms with van der Waals surface area (Å²) in [6, 6.07) is 22.3. The van der Waals surface area contributed by atoms with Crippen molar-refractivity contribution in [3.8, 4) is 11.5 Å². The number of rotatable bonds is 7. The van der Waals surface area contributed by atoms with Gasteiger partial charge in [-0.25, -0.2) is 4.72 Å². The second-order valence-corrected chi connectivity index (χ2v) is 9.51. The lowest BCUT2D eigenvalue weighted by Gasteiger charge is -2.39. The SMILES string of the molecule is COc1ccccc1OC1CN(C(=O)c2ccc(N[S+]([O-])c3cccc4cccnc34)c(C)c2)C1. The Bertz CT molecular complexity index is 1370. The number of ether oxygens (including phenoxy) is 2. The van der Waals surface area contributed by atoms with Crippen LogP contribution in [0.3, 0.4) is 0 Å². The average molecular weight is 488 g/mol. The van der Waals surface area contributed by atoms with Crippen molar-refractivity contribution in [1.82, 2.24) is 9.88 Å². The molecule has 0 spiro atoms. The minimum atomic E-state index is -1.50. The van der Waals surface area contributed by atoms with E-state index >= 15 is 0 Å². The van der Waals surface area contributed by atoms with Crippen LogP contribution in [0.25, 0.3) is 10.9 Å². The van der Waals surface area contributed by atoms with Gasteiger partial charge in [-0.2, -0.15) is 0 Å². The molecule has 0 radical (unpaired) electrons. The Labute approximate surface area is 207 Å². The normalized spacial score (nSPS) is 14.3. The number of carbonyl (C=O) groups is 1. The number of benzene rings is 3. The molecule has 3 aromatic carbocycles. The molecule has 1 unspecified atom stereocenters. The van der Waals surface area contributed by atoms with Crippen molar-refractivity contribution in [2.24, 2.45) is 0 Å². The molecule has 4 aromatic rings. The number of nitrogens with zero attached hydrogens (tertiary/aromatic N) is 2. The molecule has 35 heavy (non-hydrogen) atoms. The van der Waals surface area contributed by atoms with Crippen LogP contribution in [-0.2, 0) is 11.4 Å². The summed E-state index contributed by atoms with van der Waals surface area (Å²) in [5.41, 5.74) is 2.82. The number of aryl methyl sites for hydroxylation is 1. The molecule has 2 heterocycles. The molecular formula is C27H25N3O4S. The Kier molecular flexibility index (Phi) is 6.48. The standard InChI is InChI=1S/C27H25N3O4S/c1-18-15-20(27(31)30-16-21(17-30)34-24-10-4-3-9-23(24)33-2)12-13-22(18)29-35(32)25-11-5-7-19-8-6-14-28-26(19)25/h3-15,21,29H,16-17H2,1-2H3. The minimum Gasteiger partial charge on any atom is -0.588 e. The van der Waals surface area contributed by atoms with Gasteiger partial charge in [0.1, 0.15) is 23.0 Å². The molecule has 1 fully saturated rings. The molecule has 0 bridgehead atoms. The zero-order chi connectivity index (χ0) is 24.4. The van der Waals surface area contributed by atoms with Crippen LogP contribution in [0, 0.1) is 6.92 Å². The van der Waals surface area contributed by atoms with Crippen LogP contribution in [0.5, 0.6) is 11.5 Å². The molecule has 1 aliphatic heterocycles. The van der Waals surface area contributed by atoms with Gasteiger partial charge in [0.15, 0.2) is 11.5 Å². The largest absolute Gasteiger partial charge is 0.588 e. The highest BCUT2D eigenvalue weighted by Crippen LogP contribution is 2.30. The van der Waals surface area contributed by atoms with Crippen molar-refractivity contribution in [2.75, 3.05) is 24.9 Å². The quantitative estimate of drug-likeness (QED) is 0.384. The number of amides is 1. The number of para-hydroxylation sites is 3. The number of methoxy groups -OCH3 is 1. The summed E-state index contributed by atoms with van der Waals surface area (Å²) in [6.45, 7) is 2.91. The molecule has 8 heteroatoms. The van der Waals surface area contributed by atoms with Crippen LogP contribution < -0.4 is 14.2 Å². The molecule has 0 saturated carbocycles. The molecule has 1 aromatic heterocycles. The number of likely N-dealkylation sites (tertiary alicyclic amines) is 1. The maximum Gasteiger partial charge on any atom is 0.254 e. The lowest BCUT2D eigenvalue weighted by Crippen LogP contribution is -2.56. The van der Waals surface area contributed by atoms with Gasteiger partial charge in [-0.3, -0.25) is 9.78 Å². The van der Waals surface area contributed by atoms with E-state index in [1.807, 2.05) is 61.5 Å². The highest BCUT2D eigenvalue weighted by molar-refractivity contribution is 7.93. The molecule has 7 nitrogen and oxygen atoms in total. The summed E-state index contributed by atoms with van der Waals surface area (Å²) in [4.78, 5) is 19.7. The van der Waals surface area contributed by atoms with Crippen molar-refractivity contribution in [3.63, 3.8) is 0 Å². The topological polar surface area (TPSA) is 86.8 Å². The third kappa shape index (κ3) is 4.76. The molecule has 5 rings (SSSR count). The smallest absolute Gasteiger partial charge is 0.254 e. The highest BCUT2D eigenvalue weighted by Gasteiger charge is 2.33. The van der Waals surface area contributed by atoms with Gasteiger partial charge in [0.05, 0.1) is 25.9 Å². The summed E-state index contributed by atoms with van der Waals surface area (Å²) >= 11 is -1.50. The Hall–Kier alpha value is -3.75. The van der Waals surface area contributed by atoms with E-state index in [1.54, 1.807) is 36.4 Å². The molecule has 1 saturated heterocycles. The molecule has 1 amide bonds. The van der Waals surface area contributed by atoms with Crippen LogP contribution in [0.15, 0.2) is 83.9 Å². The highest BCUT2D eigenvalue weighted by atomic mass is 32.2. The number of nitrogens with one attached hydrogen (secondary N) is 1. The number of anilines is 1. The summed E-state index contributed by atoms with van der Waals surface area (Å²) in [7, 11) is 1.61. The monoisotopic (exact) mass is 487 g/mol. The van der Waals surface area contributed by atoms with Gasteiger partial charge in [-0.05, 0) is 55.0 Å². The van der Waals surface area contributed by atoms with Crippen molar-refractivity contribution >= 4 is 33.9 Å². The molecule has 1 aliphatic rings. The second kappa shape index (κ2) is 9.85. The fraction of sp³-hybridized carbons (Fsp3) is 0.185. The number of hydrogen-bond acceptors (Lipinski definition) is 6. The lowest BCUT2D eigenvalue weighted by atomic mass is 10.1.